The first-order valence-electron chi connectivity index (χ1n) is 14.6. The Morgan fingerprint density at radius 3 is 2.05 bits per heavy atom. The number of likely N-dealkylation sites (tertiary alicyclic amines) is 1. The van der Waals surface area contributed by atoms with E-state index in [1.165, 1.54) is 0 Å². The fourth-order valence-corrected chi connectivity index (χ4v) is 6.76. The van der Waals surface area contributed by atoms with Gasteiger partial charge in [-0.25, -0.2) is 4.98 Å². The molecule has 3 aliphatic rings. The Bertz CT molecular complexity index is 1250. The molecule has 4 N–H and O–H groups in total. The van der Waals surface area contributed by atoms with E-state index < -0.39 is 5.91 Å². The minimum atomic E-state index is -0.485. The van der Waals surface area contributed by atoms with Crippen LogP contribution in [0.2, 0.25) is 0 Å². The van der Waals surface area contributed by atoms with E-state index in [-0.39, 0.29) is 23.9 Å². The molecule has 0 saturated carbocycles. The number of fused-ring (bicyclic) bond motifs is 2. The van der Waals surface area contributed by atoms with E-state index in [1.807, 2.05) is 19.1 Å². The van der Waals surface area contributed by atoms with Crippen molar-refractivity contribution in [3.8, 4) is 0 Å². The molecule has 9 nitrogen and oxygen atoms in total. The van der Waals surface area contributed by atoms with Crippen LogP contribution in [-0.2, 0) is 0 Å². The van der Waals surface area contributed by atoms with Crippen LogP contribution < -0.4 is 21.3 Å². The summed E-state index contributed by atoms with van der Waals surface area (Å²) in [5.41, 5.74) is 8.53. The fraction of sp³-hybridized carbons (Fsp3) is 0.548. The van der Waals surface area contributed by atoms with Crippen molar-refractivity contribution in [3.05, 3.63) is 58.3 Å². The van der Waals surface area contributed by atoms with E-state index in [4.69, 9.17) is 10.7 Å². The van der Waals surface area contributed by atoms with Gasteiger partial charge in [0, 0.05) is 60.6 Å². The smallest absolute Gasteiger partial charge is 0.253 e. The third-order valence-electron chi connectivity index (χ3n) is 9.02. The van der Waals surface area contributed by atoms with Gasteiger partial charge in [-0.05, 0) is 102 Å². The van der Waals surface area contributed by atoms with E-state index in [0.717, 1.165) is 63.0 Å². The van der Waals surface area contributed by atoms with Gasteiger partial charge in [0.25, 0.3) is 11.8 Å². The summed E-state index contributed by atoms with van der Waals surface area (Å²) in [6.07, 6.45) is 7.45. The molecule has 3 atom stereocenters. The molecule has 3 fully saturated rings. The van der Waals surface area contributed by atoms with Crippen LogP contribution in [0, 0.1) is 13.8 Å². The number of carbonyl (C=O) groups is 3. The Balaban J connectivity index is 1.17. The predicted octanol–water partition coefficient (Wildman–Crippen LogP) is 3.33. The molecule has 3 amide bonds. The summed E-state index contributed by atoms with van der Waals surface area (Å²) in [6.45, 7) is 10.1. The second kappa shape index (κ2) is 11.6. The number of amides is 3. The quantitative estimate of drug-likeness (QED) is 0.490. The molecule has 3 saturated heterocycles. The van der Waals surface area contributed by atoms with Crippen LogP contribution in [0.3, 0.4) is 0 Å². The van der Waals surface area contributed by atoms with Crippen LogP contribution >= 0.6 is 0 Å². The summed E-state index contributed by atoms with van der Waals surface area (Å²) in [5.74, 6) is 0.243. The number of pyridine rings is 1. The number of aryl methyl sites for hydroxylation is 2. The molecule has 1 aromatic heterocycles. The number of anilines is 1. The highest BCUT2D eigenvalue weighted by Gasteiger charge is 2.42. The SMILES string of the molecule is Cc1cc(C(=O)N[C@H]2C[C@H]3CC[C@@H](C2)N3c2ccc(C(=O)NC3CCN(C(C)C)CC3)cn2)c(C)cc1C(N)=O. The number of hydrogen-bond acceptors (Lipinski definition) is 6. The minimum Gasteiger partial charge on any atom is -0.366 e. The third-order valence-corrected chi connectivity index (χ3v) is 9.02. The highest BCUT2D eigenvalue weighted by Crippen LogP contribution is 2.38. The molecule has 1 aromatic carbocycles. The number of rotatable bonds is 7. The predicted molar refractivity (Wildman–Crippen MR) is 156 cm³/mol. The lowest BCUT2D eigenvalue weighted by atomic mass is 9.95. The molecule has 9 heteroatoms. The van der Waals surface area contributed by atoms with E-state index in [2.05, 4.69) is 34.3 Å². The first-order valence-corrected chi connectivity index (χ1v) is 14.6. The van der Waals surface area contributed by atoms with Crippen molar-refractivity contribution in [1.29, 1.82) is 0 Å². The maximum absolute atomic E-state index is 13.1. The van der Waals surface area contributed by atoms with Crippen molar-refractivity contribution in [2.24, 2.45) is 5.73 Å². The second-order valence-corrected chi connectivity index (χ2v) is 12.1. The molecule has 5 rings (SSSR count). The summed E-state index contributed by atoms with van der Waals surface area (Å²) in [7, 11) is 0. The van der Waals surface area contributed by atoms with Gasteiger partial charge in [0.05, 0.1) is 5.56 Å². The Morgan fingerprint density at radius 1 is 0.875 bits per heavy atom. The number of aromatic nitrogens is 1. The molecule has 2 bridgehead atoms. The van der Waals surface area contributed by atoms with E-state index >= 15 is 0 Å². The number of nitrogens with two attached hydrogens (primary N) is 1. The molecule has 0 spiro atoms. The highest BCUT2D eigenvalue weighted by atomic mass is 16.2. The zero-order valence-corrected chi connectivity index (χ0v) is 24.1. The summed E-state index contributed by atoms with van der Waals surface area (Å²) in [5, 5.41) is 6.43. The van der Waals surface area contributed by atoms with Crippen LogP contribution in [0.25, 0.3) is 0 Å². The Morgan fingerprint density at radius 2 is 1.48 bits per heavy atom. The van der Waals surface area contributed by atoms with Crippen molar-refractivity contribution >= 4 is 23.5 Å². The van der Waals surface area contributed by atoms with Gasteiger partial charge < -0.3 is 26.2 Å². The number of primary amides is 1. The van der Waals surface area contributed by atoms with Gasteiger partial charge in [0.15, 0.2) is 0 Å². The van der Waals surface area contributed by atoms with Gasteiger partial charge in [-0.2, -0.15) is 0 Å². The first-order chi connectivity index (χ1) is 19.1. The lowest BCUT2D eigenvalue weighted by Crippen LogP contribution is -2.51. The van der Waals surface area contributed by atoms with Crippen molar-refractivity contribution in [1.82, 2.24) is 20.5 Å². The van der Waals surface area contributed by atoms with Crippen LogP contribution in [0.5, 0.6) is 0 Å². The van der Waals surface area contributed by atoms with Gasteiger partial charge in [0.1, 0.15) is 5.82 Å². The summed E-state index contributed by atoms with van der Waals surface area (Å²) >= 11 is 0. The number of piperidine rings is 2. The lowest BCUT2D eigenvalue weighted by Gasteiger charge is -2.40. The first kappa shape index (κ1) is 28.1. The standard InChI is InChI=1S/C31H42N6O3/c1-18(2)36-11-9-22(10-12-36)34-30(39)21-5-8-28(33-17-21)37-24-6-7-25(37)16-23(15-24)35-31(40)27-14-19(3)26(29(32)38)13-20(27)4/h5,8,13-14,17-18,22-25H,6-7,9-12,15-16H2,1-4H3,(H2,32,38)(H,34,39)(H,35,40)/t23-,24+,25-. The Kier molecular flexibility index (Phi) is 8.12. The van der Waals surface area contributed by atoms with E-state index in [1.54, 1.807) is 25.3 Å². The maximum atomic E-state index is 13.1. The van der Waals surface area contributed by atoms with Gasteiger partial charge >= 0.3 is 0 Å². The topological polar surface area (TPSA) is 121 Å². The van der Waals surface area contributed by atoms with Crippen molar-refractivity contribution in [3.63, 3.8) is 0 Å². The fourth-order valence-electron chi connectivity index (χ4n) is 6.76. The average Bonchev–Trinajstić information content (AvgIpc) is 3.19. The zero-order valence-electron chi connectivity index (χ0n) is 24.1. The monoisotopic (exact) mass is 546 g/mol. The molecular formula is C31H42N6O3. The van der Waals surface area contributed by atoms with Crippen molar-refractivity contribution in [2.75, 3.05) is 18.0 Å². The van der Waals surface area contributed by atoms with E-state index in [0.29, 0.717) is 40.4 Å². The molecular weight excluding hydrogens is 504 g/mol. The van der Waals surface area contributed by atoms with Gasteiger partial charge in [-0.1, -0.05) is 0 Å². The Hall–Kier alpha value is -3.46. The normalized spacial score (nSPS) is 23.3. The van der Waals surface area contributed by atoms with Crippen LogP contribution in [-0.4, -0.2) is 70.9 Å². The average molecular weight is 547 g/mol. The minimum absolute atomic E-state index is 0.0548. The number of nitrogens with zero attached hydrogens (tertiary/aromatic N) is 3. The van der Waals surface area contributed by atoms with Crippen molar-refractivity contribution in [2.45, 2.75) is 96.4 Å². The molecule has 40 heavy (non-hydrogen) atoms. The van der Waals surface area contributed by atoms with Crippen LogP contribution in [0.15, 0.2) is 30.5 Å². The number of benzene rings is 1. The van der Waals surface area contributed by atoms with Crippen LogP contribution in [0.4, 0.5) is 5.82 Å². The molecule has 3 aliphatic heterocycles. The zero-order chi connectivity index (χ0) is 28.6. The number of carbonyl (C=O) groups excluding carboxylic acids is 3. The Labute approximate surface area is 236 Å². The second-order valence-electron chi connectivity index (χ2n) is 12.1. The molecule has 4 heterocycles. The molecule has 0 aliphatic carbocycles. The molecule has 2 aromatic rings. The van der Waals surface area contributed by atoms with Gasteiger partial charge in [-0.15, -0.1) is 0 Å². The summed E-state index contributed by atoms with van der Waals surface area (Å²) in [4.78, 5) is 47.2. The maximum Gasteiger partial charge on any atom is 0.253 e. The van der Waals surface area contributed by atoms with E-state index in [9.17, 15) is 14.4 Å². The molecule has 0 unspecified atom stereocenters. The van der Waals surface area contributed by atoms with Gasteiger partial charge in [0.2, 0.25) is 5.91 Å². The summed E-state index contributed by atoms with van der Waals surface area (Å²) in [6, 6.07) is 8.71. The number of nitrogens with one attached hydrogen (secondary N) is 2. The number of hydrogen-bond donors (Lipinski definition) is 3. The highest BCUT2D eigenvalue weighted by molar-refractivity contribution is 5.99. The largest absolute Gasteiger partial charge is 0.366 e. The van der Waals surface area contributed by atoms with Crippen molar-refractivity contribution < 1.29 is 14.4 Å². The molecule has 214 valence electrons. The molecule has 0 radical (unpaired) electrons. The summed E-state index contributed by atoms with van der Waals surface area (Å²) < 4.78 is 0. The lowest BCUT2D eigenvalue weighted by molar-refractivity contribution is 0.0897. The van der Waals surface area contributed by atoms with Gasteiger partial charge in [-0.3, -0.25) is 14.4 Å². The third kappa shape index (κ3) is 5.84. The van der Waals surface area contributed by atoms with Crippen LogP contribution in [0.1, 0.15) is 94.6 Å².